The highest BCUT2D eigenvalue weighted by Gasteiger charge is 2.28. The maximum absolute atomic E-state index is 13.6. The number of hydrogen-bond donors (Lipinski definition) is 3. The van der Waals surface area contributed by atoms with Crippen LogP contribution in [-0.4, -0.2) is 58.8 Å². The summed E-state index contributed by atoms with van der Waals surface area (Å²) in [5.74, 6) is -0.931. The molecular formula is C33H35ClN4O6. The van der Waals surface area contributed by atoms with Crippen molar-refractivity contribution >= 4 is 58.4 Å². The van der Waals surface area contributed by atoms with Crippen LogP contribution in [0.25, 0.3) is 23.2 Å². The second kappa shape index (κ2) is 13.6. The van der Waals surface area contributed by atoms with Crippen LogP contribution in [0, 0.1) is 0 Å². The number of halogens is 1. The van der Waals surface area contributed by atoms with Gasteiger partial charge in [-0.3, -0.25) is 9.59 Å². The van der Waals surface area contributed by atoms with Gasteiger partial charge in [-0.1, -0.05) is 41.9 Å². The fourth-order valence-corrected chi connectivity index (χ4v) is 4.75. The minimum Gasteiger partial charge on any atom is -0.481 e. The average molecular weight is 619 g/mol. The monoisotopic (exact) mass is 618 g/mol. The molecule has 230 valence electrons. The molecule has 0 fully saturated rings. The standard InChI is InChI=1S/C33H35ClN4O6/c1-33(2,3)44-32(42)36-27(31(41)38(4)23-12-10-22(34)11-13-23)18-21-8-6-7-20(17-21)9-14-25-24(19-29(39)40)30-26(35-25)15-16-28(37-30)43-5/h6-17,27,35H,18-19H2,1-5H3,(H,36,42)(H,39,40). The van der Waals surface area contributed by atoms with Crippen LogP contribution in [0.15, 0.2) is 60.7 Å². The number of rotatable bonds is 10. The zero-order valence-corrected chi connectivity index (χ0v) is 25.9. The number of methoxy groups -OCH3 is 1. The number of pyridine rings is 1. The number of H-pyrrole nitrogens is 1. The average Bonchev–Trinajstić information content (AvgIpc) is 3.30. The minimum absolute atomic E-state index is 0.193. The number of amides is 2. The number of fused-ring (bicyclic) bond motifs is 1. The van der Waals surface area contributed by atoms with Gasteiger partial charge in [-0.2, -0.15) is 0 Å². The first-order valence-electron chi connectivity index (χ1n) is 13.9. The summed E-state index contributed by atoms with van der Waals surface area (Å²) >= 11 is 6.02. The summed E-state index contributed by atoms with van der Waals surface area (Å²) in [6.07, 6.45) is 2.90. The minimum atomic E-state index is -0.982. The fourth-order valence-electron chi connectivity index (χ4n) is 4.62. The van der Waals surface area contributed by atoms with Crippen molar-refractivity contribution in [3.63, 3.8) is 0 Å². The fraction of sp³-hybridized carbons (Fsp3) is 0.273. The molecule has 2 heterocycles. The largest absolute Gasteiger partial charge is 0.481 e. The van der Waals surface area contributed by atoms with Crippen LogP contribution >= 0.6 is 11.6 Å². The Bertz CT molecular complexity index is 1690. The Balaban J connectivity index is 1.61. The molecule has 1 unspecified atom stereocenters. The van der Waals surface area contributed by atoms with Gasteiger partial charge in [-0.25, -0.2) is 9.78 Å². The van der Waals surface area contributed by atoms with Crippen molar-refractivity contribution in [2.45, 2.75) is 45.3 Å². The first-order valence-corrected chi connectivity index (χ1v) is 14.3. The Hall–Kier alpha value is -4.83. The summed E-state index contributed by atoms with van der Waals surface area (Å²) in [5.41, 5.74) is 3.84. The first-order chi connectivity index (χ1) is 20.8. The van der Waals surface area contributed by atoms with Crippen LogP contribution in [0.5, 0.6) is 5.88 Å². The highest BCUT2D eigenvalue weighted by molar-refractivity contribution is 6.30. The Morgan fingerprint density at radius 1 is 1.09 bits per heavy atom. The molecule has 44 heavy (non-hydrogen) atoms. The van der Waals surface area contributed by atoms with E-state index in [0.29, 0.717) is 38.9 Å². The Morgan fingerprint density at radius 2 is 1.82 bits per heavy atom. The third-order valence-electron chi connectivity index (χ3n) is 6.65. The molecule has 2 aromatic heterocycles. The normalized spacial score (nSPS) is 12.2. The number of carboxylic acid groups (broad SMARTS) is 1. The maximum atomic E-state index is 13.6. The predicted molar refractivity (Wildman–Crippen MR) is 171 cm³/mol. The lowest BCUT2D eigenvalue weighted by atomic mass is 10.0. The molecule has 4 rings (SSSR count). The van der Waals surface area contributed by atoms with Crippen LogP contribution in [-0.2, 0) is 27.2 Å². The van der Waals surface area contributed by atoms with Gasteiger partial charge in [0.25, 0.3) is 0 Å². The molecule has 4 aromatic rings. The van der Waals surface area contributed by atoms with Crippen LogP contribution < -0.4 is 15.0 Å². The molecule has 0 bridgehead atoms. The number of benzene rings is 2. The van der Waals surface area contributed by atoms with E-state index >= 15 is 0 Å². The molecule has 0 aliphatic rings. The van der Waals surface area contributed by atoms with Gasteiger partial charge < -0.3 is 29.8 Å². The van der Waals surface area contributed by atoms with Gasteiger partial charge in [0.15, 0.2) is 0 Å². The number of hydrogen-bond acceptors (Lipinski definition) is 6. The first kappa shape index (κ1) is 32.1. The summed E-state index contributed by atoms with van der Waals surface area (Å²) in [6, 6.07) is 16.9. The summed E-state index contributed by atoms with van der Waals surface area (Å²) < 4.78 is 10.7. The van der Waals surface area contributed by atoms with E-state index in [1.165, 1.54) is 12.0 Å². The molecule has 0 saturated heterocycles. The number of carboxylic acids is 1. The third-order valence-corrected chi connectivity index (χ3v) is 6.91. The molecule has 10 nitrogen and oxygen atoms in total. The van der Waals surface area contributed by atoms with E-state index in [9.17, 15) is 19.5 Å². The van der Waals surface area contributed by atoms with Crippen LogP contribution in [0.3, 0.4) is 0 Å². The van der Waals surface area contributed by atoms with E-state index < -0.39 is 23.7 Å². The number of nitrogens with one attached hydrogen (secondary N) is 2. The van der Waals surface area contributed by atoms with Crippen LogP contribution in [0.2, 0.25) is 5.02 Å². The van der Waals surface area contributed by atoms with E-state index in [1.807, 2.05) is 30.3 Å². The second-order valence-corrected chi connectivity index (χ2v) is 11.6. The van der Waals surface area contributed by atoms with Gasteiger partial charge in [0.1, 0.15) is 11.6 Å². The van der Waals surface area contributed by atoms with Gasteiger partial charge >= 0.3 is 12.1 Å². The van der Waals surface area contributed by atoms with Crippen molar-refractivity contribution in [2.24, 2.45) is 0 Å². The van der Waals surface area contributed by atoms with Gasteiger partial charge in [0.2, 0.25) is 11.8 Å². The van der Waals surface area contributed by atoms with Gasteiger partial charge in [0, 0.05) is 41.5 Å². The Labute approximate surface area is 260 Å². The highest BCUT2D eigenvalue weighted by Crippen LogP contribution is 2.26. The van der Waals surface area contributed by atoms with Crippen molar-refractivity contribution in [2.75, 3.05) is 19.1 Å². The summed E-state index contributed by atoms with van der Waals surface area (Å²) in [5, 5.41) is 12.8. The highest BCUT2D eigenvalue weighted by atomic mass is 35.5. The number of anilines is 1. The molecule has 3 N–H and O–H groups in total. The number of carbonyl (C=O) groups excluding carboxylic acids is 2. The maximum Gasteiger partial charge on any atom is 0.408 e. The second-order valence-electron chi connectivity index (χ2n) is 11.2. The van der Waals surface area contributed by atoms with Gasteiger partial charge in [-0.05, 0) is 68.3 Å². The number of carbonyl (C=O) groups is 3. The van der Waals surface area contributed by atoms with Crippen LogP contribution in [0.1, 0.15) is 43.2 Å². The lowest BCUT2D eigenvalue weighted by molar-refractivity contribution is -0.136. The number of likely N-dealkylation sites (N-methyl/N-ethyl adjacent to an activating group) is 1. The van der Waals surface area contributed by atoms with Crippen molar-refractivity contribution in [1.82, 2.24) is 15.3 Å². The Kier molecular flexibility index (Phi) is 9.95. The van der Waals surface area contributed by atoms with E-state index in [2.05, 4.69) is 15.3 Å². The van der Waals surface area contributed by atoms with Crippen molar-refractivity contribution in [3.8, 4) is 5.88 Å². The predicted octanol–water partition coefficient (Wildman–Crippen LogP) is 6.12. The number of nitrogens with zero attached hydrogens (tertiary/aromatic N) is 2. The molecule has 0 spiro atoms. The molecule has 11 heteroatoms. The molecular weight excluding hydrogens is 584 g/mol. The molecule has 0 saturated carbocycles. The lowest BCUT2D eigenvalue weighted by Gasteiger charge is -2.27. The number of aliphatic carboxylic acids is 1. The van der Waals surface area contributed by atoms with E-state index in [1.54, 1.807) is 70.3 Å². The van der Waals surface area contributed by atoms with Crippen LogP contribution in [0.4, 0.5) is 10.5 Å². The van der Waals surface area contributed by atoms with Gasteiger partial charge in [0.05, 0.1) is 24.6 Å². The Morgan fingerprint density at radius 3 is 2.48 bits per heavy atom. The molecule has 1 atom stereocenters. The quantitative estimate of drug-likeness (QED) is 0.195. The SMILES string of the molecule is COc1ccc2[nH]c(C=Cc3cccc(CC(NC(=O)OC(C)(C)C)C(=O)N(C)c4ccc(Cl)cc4)c3)c(CC(=O)O)c2n1. The zero-order chi connectivity index (χ0) is 32.0. The number of aromatic nitrogens is 2. The van der Waals surface area contributed by atoms with Crippen molar-refractivity contribution < 1.29 is 29.0 Å². The van der Waals surface area contributed by atoms with E-state index in [0.717, 1.165) is 11.1 Å². The zero-order valence-electron chi connectivity index (χ0n) is 25.2. The number of ether oxygens (including phenoxy) is 2. The molecule has 0 aliphatic heterocycles. The molecule has 2 aromatic carbocycles. The van der Waals surface area contributed by atoms with Gasteiger partial charge in [-0.15, -0.1) is 0 Å². The van der Waals surface area contributed by atoms with E-state index in [4.69, 9.17) is 21.1 Å². The number of aromatic amines is 1. The van der Waals surface area contributed by atoms with Crippen molar-refractivity contribution in [3.05, 3.63) is 88.1 Å². The molecule has 0 radical (unpaired) electrons. The molecule has 2 amide bonds. The lowest BCUT2D eigenvalue weighted by Crippen LogP contribution is -2.50. The summed E-state index contributed by atoms with van der Waals surface area (Å²) in [6.45, 7) is 5.25. The topological polar surface area (TPSA) is 134 Å². The van der Waals surface area contributed by atoms with Crippen molar-refractivity contribution in [1.29, 1.82) is 0 Å². The smallest absolute Gasteiger partial charge is 0.408 e. The number of alkyl carbamates (subject to hydrolysis) is 1. The molecule has 0 aliphatic carbocycles. The third kappa shape index (κ3) is 8.38. The summed E-state index contributed by atoms with van der Waals surface area (Å²) in [7, 11) is 3.14. The summed E-state index contributed by atoms with van der Waals surface area (Å²) in [4.78, 5) is 47.1. The van der Waals surface area contributed by atoms with E-state index in [-0.39, 0.29) is 18.7 Å².